The first-order valence-electron chi connectivity index (χ1n) is 7.00. The van der Waals surface area contributed by atoms with Crippen molar-refractivity contribution in [2.45, 2.75) is 25.8 Å². The van der Waals surface area contributed by atoms with Gasteiger partial charge in [-0.05, 0) is 57.9 Å². The molecular formula is C15H23ClF2N2. The number of piperidine rings is 1. The van der Waals surface area contributed by atoms with E-state index in [1.807, 2.05) is 7.05 Å². The smallest absolute Gasteiger partial charge is 0.130 e. The Morgan fingerprint density at radius 1 is 1.25 bits per heavy atom. The highest BCUT2D eigenvalue weighted by Crippen LogP contribution is 2.22. The van der Waals surface area contributed by atoms with Gasteiger partial charge in [-0.15, -0.1) is 12.4 Å². The third-order valence-electron chi connectivity index (χ3n) is 3.92. The third-order valence-corrected chi connectivity index (χ3v) is 3.92. The first-order valence-corrected chi connectivity index (χ1v) is 7.00. The average Bonchev–Trinajstić information content (AvgIpc) is 2.41. The highest BCUT2D eigenvalue weighted by atomic mass is 35.5. The minimum absolute atomic E-state index is 0. The summed E-state index contributed by atoms with van der Waals surface area (Å²) in [7, 11) is 1.98. The summed E-state index contributed by atoms with van der Waals surface area (Å²) in [6, 6.07) is 3.85. The second kappa shape index (κ2) is 8.55. The van der Waals surface area contributed by atoms with E-state index in [1.165, 1.54) is 25.3 Å². The van der Waals surface area contributed by atoms with Crippen LogP contribution in [0.2, 0.25) is 0 Å². The lowest BCUT2D eigenvalue weighted by Gasteiger charge is -2.32. The second-order valence-corrected chi connectivity index (χ2v) is 5.35. The number of likely N-dealkylation sites (tertiary alicyclic amines) is 1. The van der Waals surface area contributed by atoms with Gasteiger partial charge >= 0.3 is 0 Å². The van der Waals surface area contributed by atoms with Crippen LogP contribution in [-0.2, 0) is 6.54 Å². The van der Waals surface area contributed by atoms with Crippen molar-refractivity contribution < 1.29 is 8.78 Å². The predicted octanol–water partition coefficient (Wildman–Crippen LogP) is 3.21. The van der Waals surface area contributed by atoms with Gasteiger partial charge in [0.1, 0.15) is 11.6 Å². The maximum absolute atomic E-state index is 13.6. The van der Waals surface area contributed by atoms with Gasteiger partial charge in [0.25, 0.3) is 0 Å². The number of nitrogens with one attached hydrogen (secondary N) is 1. The van der Waals surface area contributed by atoms with E-state index < -0.39 is 11.6 Å². The molecule has 1 aliphatic heterocycles. The van der Waals surface area contributed by atoms with Gasteiger partial charge in [-0.1, -0.05) is 6.07 Å². The molecule has 0 atom stereocenters. The molecule has 1 saturated heterocycles. The van der Waals surface area contributed by atoms with Gasteiger partial charge < -0.3 is 5.32 Å². The van der Waals surface area contributed by atoms with Gasteiger partial charge in [-0.3, -0.25) is 4.90 Å². The molecule has 1 fully saturated rings. The highest BCUT2D eigenvalue weighted by Gasteiger charge is 2.19. The van der Waals surface area contributed by atoms with Crippen LogP contribution >= 0.6 is 12.4 Å². The van der Waals surface area contributed by atoms with Crippen molar-refractivity contribution in [3.63, 3.8) is 0 Å². The van der Waals surface area contributed by atoms with Gasteiger partial charge in [0, 0.05) is 18.2 Å². The molecule has 0 aliphatic carbocycles. The molecule has 20 heavy (non-hydrogen) atoms. The van der Waals surface area contributed by atoms with Crippen LogP contribution < -0.4 is 5.32 Å². The van der Waals surface area contributed by atoms with E-state index in [0.29, 0.717) is 12.1 Å². The van der Waals surface area contributed by atoms with Crippen molar-refractivity contribution in [3.05, 3.63) is 35.4 Å². The Bertz CT molecular complexity index is 407. The molecule has 0 radical (unpaired) electrons. The molecule has 0 aromatic heterocycles. The maximum atomic E-state index is 13.6. The molecule has 0 saturated carbocycles. The molecule has 0 amide bonds. The van der Waals surface area contributed by atoms with Crippen LogP contribution in [-0.4, -0.2) is 31.6 Å². The van der Waals surface area contributed by atoms with Crippen molar-refractivity contribution in [1.82, 2.24) is 10.2 Å². The van der Waals surface area contributed by atoms with Crippen LogP contribution in [0.25, 0.3) is 0 Å². The van der Waals surface area contributed by atoms with Crippen LogP contribution in [0.1, 0.15) is 24.8 Å². The molecule has 1 heterocycles. The number of hydrogen-bond acceptors (Lipinski definition) is 2. The topological polar surface area (TPSA) is 15.3 Å². The van der Waals surface area contributed by atoms with Gasteiger partial charge in [0.05, 0.1) is 0 Å². The quantitative estimate of drug-likeness (QED) is 0.898. The third kappa shape index (κ3) is 5.00. The highest BCUT2D eigenvalue weighted by molar-refractivity contribution is 5.85. The number of nitrogens with zero attached hydrogens (tertiary/aromatic N) is 1. The lowest BCUT2D eigenvalue weighted by atomic mass is 9.93. The van der Waals surface area contributed by atoms with Gasteiger partial charge in [0.15, 0.2) is 0 Å². The Balaban J connectivity index is 0.00000200. The lowest BCUT2D eigenvalue weighted by molar-refractivity contribution is 0.170. The SMILES string of the molecule is CNCCC1CCN(Cc2ccc(F)cc2F)CC1.Cl. The molecule has 5 heteroatoms. The van der Waals surface area contributed by atoms with E-state index >= 15 is 0 Å². The van der Waals surface area contributed by atoms with Crippen molar-refractivity contribution in [2.24, 2.45) is 5.92 Å². The van der Waals surface area contributed by atoms with Crippen LogP contribution in [0.4, 0.5) is 8.78 Å². The van der Waals surface area contributed by atoms with Crippen LogP contribution in [0.15, 0.2) is 18.2 Å². The van der Waals surface area contributed by atoms with Crippen molar-refractivity contribution in [1.29, 1.82) is 0 Å². The van der Waals surface area contributed by atoms with Crippen molar-refractivity contribution in [2.75, 3.05) is 26.7 Å². The van der Waals surface area contributed by atoms with E-state index in [2.05, 4.69) is 10.2 Å². The minimum Gasteiger partial charge on any atom is -0.320 e. The molecule has 114 valence electrons. The maximum Gasteiger partial charge on any atom is 0.130 e. The predicted molar refractivity (Wildman–Crippen MR) is 80.2 cm³/mol. The molecule has 0 bridgehead atoms. The molecule has 2 nitrogen and oxygen atoms in total. The molecule has 1 aliphatic rings. The summed E-state index contributed by atoms with van der Waals surface area (Å²) in [4.78, 5) is 2.26. The molecule has 1 aromatic rings. The van der Waals surface area contributed by atoms with E-state index in [9.17, 15) is 8.78 Å². The first-order chi connectivity index (χ1) is 9.19. The lowest BCUT2D eigenvalue weighted by Crippen LogP contribution is -2.34. The average molecular weight is 305 g/mol. The molecule has 0 spiro atoms. The second-order valence-electron chi connectivity index (χ2n) is 5.35. The Kier molecular flexibility index (Phi) is 7.41. The number of rotatable bonds is 5. The molecule has 1 aromatic carbocycles. The number of hydrogen-bond donors (Lipinski definition) is 1. The monoisotopic (exact) mass is 304 g/mol. The summed E-state index contributed by atoms with van der Waals surface area (Å²) in [5.41, 5.74) is 0.593. The molecule has 0 unspecified atom stereocenters. The Morgan fingerprint density at radius 2 is 1.95 bits per heavy atom. The molecule has 2 rings (SSSR count). The largest absolute Gasteiger partial charge is 0.320 e. The molecular weight excluding hydrogens is 282 g/mol. The van der Waals surface area contributed by atoms with Crippen molar-refractivity contribution >= 4 is 12.4 Å². The van der Waals surface area contributed by atoms with Crippen molar-refractivity contribution in [3.8, 4) is 0 Å². The Morgan fingerprint density at radius 3 is 2.55 bits per heavy atom. The molecule has 1 N–H and O–H groups in total. The summed E-state index contributed by atoms with van der Waals surface area (Å²) in [5.74, 6) is -0.161. The van der Waals surface area contributed by atoms with Crippen LogP contribution in [0.3, 0.4) is 0 Å². The number of benzene rings is 1. The summed E-state index contributed by atoms with van der Waals surface area (Å²) >= 11 is 0. The fourth-order valence-corrected chi connectivity index (χ4v) is 2.67. The van der Waals surface area contributed by atoms with Gasteiger partial charge in [0.2, 0.25) is 0 Å². The van der Waals surface area contributed by atoms with Crippen LogP contribution in [0, 0.1) is 17.6 Å². The van der Waals surface area contributed by atoms with E-state index in [4.69, 9.17) is 0 Å². The normalized spacial score (nSPS) is 16.9. The van der Waals surface area contributed by atoms with E-state index in [1.54, 1.807) is 6.07 Å². The Labute approximate surface area is 126 Å². The summed E-state index contributed by atoms with van der Waals surface area (Å²) in [6.07, 6.45) is 3.56. The van der Waals surface area contributed by atoms with E-state index in [-0.39, 0.29) is 12.4 Å². The zero-order valence-corrected chi connectivity index (χ0v) is 12.7. The fourth-order valence-electron chi connectivity index (χ4n) is 2.67. The van der Waals surface area contributed by atoms with Gasteiger partial charge in [-0.2, -0.15) is 0 Å². The Hall–Kier alpha value is -0.710. The first kappa shape index (κ1) is 17.3. The fraction of sp³-hybridized carbons (Fsp3) is 0.600. The summed E-state index contributed by atoms with van der Waals surface area (Å²) in [5, 5.41) is 3.18. The van der Waals surface area contributed by atoms with Crippen LogP contribution in [0.5, 0.6) is 0 Å². The number of halogens is 3. The summed E-state index contributed by atoms with van der Waals surface area (Å²) < 4.78 is 26.4. The zero-order chi connectivity index (χ0) is 13.7. The minimum atomic E-state index is -0.507. The van der Waals surface area contributed by atoms with Gasteiger partial charge in [-0.25, -0.2) is 8.78 Å². The standard InChI is InChI=1S/C15H22F2N2.ClH/c1-18-7-4-12-5-8-19(9-6-12)11-13-2-3-14(16)10-15(13)17;/h2-3,10,12,18H,4-9,11H2,1H3;1H. The van der Waals surface area contributed by atoms with E-state index in [0.717, 1.165) is 31.6 Å². The zero-order valence-electron chi connectivity index (χ0n) is 11.9. The summed E-state index contributed by atoms with van der Waals surface area (Å²) in [6.45, 7) is 3.67.